The maximum Gasteiger partial charge on any atom is 0.129 e. The quantitative estimate of drug-likeness (QED) is 0.849. The molecule has 1 aromatic carbocycles. The molecule has 0 heterocycles. The predicted octanol–water partition coefficient (Wildman–Crippen LogP) is 4.70. The largest absolute Gasteiger partial charge is 0.311 e. The summed E-state index contributed by atoms with van der Waals surface area (Å²) >= 11 is 0. The highest BCUT2D eigenvalue weighted by Crippen LogP contribution is 2.38. The Morgan fingerprint density at radius 1 is 1.24 bits per heavy atom. The monoisotopic (exact) mass is 295 g/mol. The Morgan fingerprint density at radius 3 is 2.43 bits per heavy atom. The molecule has 1 aliphatic carbocycles. The molecule has 1 N–H and O–H groups in total. The number of hydrogen-bond donors (Lipinski definition) is 1. The maximum atomic E-state index is 13.7. The van der Waals surface area contributed by atoms with Crippen molar-refractivity contribution in [1.29, 1.82) is 0 Å². The number of benzene rings is 1. The summed E-state index contributed by atoms with van der Waals surface area (Å²) in [7, 11) is 0. The lowest BCUT2D eigenvalue weighted by molar-refractivity contribution is 0.145. The van der Waals surface area contributed by atoms with Crippen LogP contribution in [0.3, 0.4) is 0 Å². The van der Waals surface area contributed by atoms with Crippen LogP contribution in [0.4, 0.5) is 8.78 Å². The predicted molar refractivity (Wildman–Crippen MR) is 83.2 cm³/mol. The first-order valence-corrected chi connectivity index (χ1v) is 7.96. The summed E-state index contributed by atoms with van der Waals surface area (Å²) in [4.78, 5) is 0. The summed E-state index contributed by atoms with van der Waals surface area (Å²) in [5.74, 6) is -0.189. The Kier molecular flexibility index (Phi) is 5.03. The van der Waals surface area contributed by atoms with Crippen LogP contribution < -0.4 is 5.32 Å². The van der Waals surface area contributed by atoms with E-state index in [1.54, 1.807) is 0 Å². The average molecular weight is 295 g/mol. The molecule has 0 bridgehead atoms. The molecule has 0 radical (unpaired) electrons. The third kappa shape index (κ3) is 4.50. The second kappa shape index (κ2) is 6.43. The zero-order chi connectivity index (χ0) is 15.6. The number of nitrogens with one attached hydrogen (secondary N) is 1. The minimum atomic E-state index is -0.444. The van der Waals surface area contributed by atoms with Crippen molar-refractivity contribution in [2.75, 3.05) is 0 Å². The molecule has 0 saturated heterocycles. The normalized spacial score (nSPS) is 26.6. The molecule has 0 aromatic heterocycles. The Morgan fingerprint density at radius 2 is 1.86 bits per heavy atom. The van der Waals surface area contributed by atoms with E-state index in [9.17, 15) is 8.78 Å². The van der Waals surface area contributed by atoms with Crippen LogP contribution in [-0.4, -0.2) is 12.1 Å². The van der Waals surface area contributed by atoms with Crippen LogP contribution in [-0.2, 0) is 6.42 Å². The Hall–Kier alpha value is -0.960. The van der Waals surface area contributed by atoms with Gasteiger partial charge in [0.2, 0.25) is 0 Å². The fraction of sp³-hybridized carbons (Fsp3) is 0.667. The van der Waals surface area contributed by atoms with Crippen LogP contribution in [0.2, 0.25) is 0 Å². The van der Waals surface area contributed by atoms with Crippen LogP contribution in [0.25, 0.3) is 0 Å². The maximum absolute atomic E-state index is 13.7. The van der Waals surface area contributed by atoms with Crippen molar-refractivity contribution in [2.24, 2.45) is 11.3 Å². The smallest absolute Gasteiger partial charge is 0.129 e. The number of rotatable bonds is 4. The lowest BCUT2D eigenvalue weighted by Crippen LogP contribution is -2.44. The third-order valence-corrected chi connectivity index (χ3v) is 4.48. The van der Waals surface area contributed by atoms with Gasteiger partial charge in [-0.25, -0.2) is 8.78 Å². The minimum Gasteiger partial charge on any atom is -0.311 e. The van der Waals surface area contributed by atoms with Gasteiger partial charge in [-0.15, -0.1) is 0 Å². The molecule has 118 valence electrons. The molecule has 1 aromatic rings. The summed E-state index contributed by atoms with van der Waals surface area (Å²) in [6.07, 6.45) is 3.92. The Balaban J connectivity index is 1.97. The average Bonchev–Trinajstić information content (AvgIpc) is 2.31. The van der Waals surface area contributed by atoms with Crippen molar-refractivity contribution in [2.45, 2.75) is 65.5 Å². The van der Waals surface area contributed by atoms with Crippen LogP contribution in [0.15, 0.2) is 18.2 Å². The van der Waals surface area contributed by atoms with Crippen molar-refractivity contribution in [3.8, 4) is 0 Å². The van der Waals surface area contributed by atoms with Gasteiger partial charge in [-0.1, -0.05) is 26.8 Å². The molecule has 0 amide bonds. The van der Waals surface area contributed by atoms with Crippen molar-refractivity contribution >= 4 is 0 Å². The second-order valence-corrected chi connectivity index (χ2v) is 7.58. The molecular formula is C18H27F2N. The molecule has 1 fully saturated rings. The fourth-order valence-corrected chi connectivity index (χ4v) is 3.97. The topological polar surface area (TPSA) is 12.0 Å². The summed E-state index contributed by atoms with van der Waals surface area (Å²) in [6, 6.07) is 4.59. The van der Waals surface area contributed by atoms with E-state index in [0.717, 1.165) is 12.8 Å². The first kappa shape index (κ1) is 16.4. The van der Waals surface area contributed by atoms with Crippen LogP contribution in [0.5, 0.6) is 0 Å². The van der Waals surface area contributed by atoms with Crippen molar-refractivity contribution in [3.63, 3.8) is 0 Å². The lowest BCUT2D eigenvalue weighted by Gasteiger charge is -2.40. The molecule has 1 saturated carbocycles. The van der Waals surface area contributed by atoms with E-state index in [2.05, 4.69) is 26.1 Å². The molecule has 3 unspecified atom stereocenters. The van der Waals surface area contributed by atoms with Gasteiger partial charge in [0, 0.05) is 17.6 Å². The number of hydrogen-bond acceptors (Lipinski definition) is 1. The van der Waals surface area contributed by atoms with E-state index in [1.165, 1.54) is 24.6 Å². The fourth-order valence-electron chi connectivity index (χ4n) is 3.97. The van der Waals surface area contributed by atoms with Crippen molar-refractivity contribution < 1.29 is 8.78 Å². The van der Waals surface area contributed by atoms with Gasteiger partial charge in [0.25, 0.3) is 0 Å². The molecule has 1 nitrogen and oxygen atoms in total. The van der Waals surface area contributed by atoms with Gasteiger partial charge in [-0.05, 0) is 56.1 Å². The van der Waals surface area contributed by atoms with E-state index >= 15 is 0 Å². The first-order chi connectivity index (χ1) is 9.77. The Bertz CT molecular complexity index is 464. The minimum absolute atomic E-state index is 0.0718. The molecule has 1 aliphatic rings. The lowest BCUT2D eigenvalue weighted by atomic mass is 9.70. The highest BCUT2D eigenvalue weighted by Gasteiger charge is 2.32. The summed E-state index contributed by atoms with van der Waals surface area (Å²) in [5.41, 5.74) is 0.541. The van der Waals surface area contributed by atoms with Crippen LogP contribution in [0, 0.1) is 23.0 Å². The molecule has 3 heteroatoms. The van der Waals surface area contributed by atoms with Gasteiger partial charge >= 0.3 is 0 Å². The third-order valence-electron chi connectivity index (χ3n) is 4.48. The van der Waals surface area contributed by atoms with E-state index in [-0.39, 0.29) is 11.6 Å². The van der Waals surface area contributed by atoms with Gasteiger partial charge in [0.15, 0.2) is 0 Å². The standard InChI is InChI=1S/C18H27F2N/c1-12-8-14(11-18(3,4)10-12)21-13(2)9-15-16(19)6-5-7-17(15)20/h5-7,12-14,21H,8-11H2,1-4H3. The van der Waals surface area contributed by atoms with Gasteiger partial charge in [0.1, 0.15) is 11.6 Å². The SMILES string of the molecule is CC1CC(NC(C)Cc2c(F)cccc2F)CC(C)(C)C1. The molecular weight excluding hydrogens is 268 g/mol. The van der Waals surface area contributed by atoms with Crippen molar-refractivity contribution in [1.82, 2.24) is 5.32 Å². The van der Waals surface area contributed by atoms with Gasteiger partial charge in [0.05, 0.1) is 0 Å². The summed E-state index contributed by atoms with van der Waals surface area (Å²) in [6.45, 7) is 8.91. The van der Waals surface area contributed by atoms with E-state index in [1.807, 2.05) is 6.92 Å². The van der Waals surface area contributed by atoms with E-state index < -0.39 is 11.6 Å². The second-order valence-electron chi connectivity index (χ2n) is 7.58. The highest BCUT2D eigenvalue weighted by atomic mass is 19.1. The van der Waals surface area contributed by atoms with Gasteiger partial charge < -0.3 is 5.32 Å². The summed E-state index contributed by atoms with van der Waals surface area (Å²) in [5, 5.41) is 3.57. The zero-order valence-electron chi connectivity index (χ0n) is 13.5. The summed E-state index contributed by atoms with van der Waals surface area (Å²) < 4.78 is 27.4. The van der Waals surface area contributed by atoms with Crippen LogP contribution in [0.1, 0.15) is 52.5 Å². The molecule has 0 aliphatic heterocycles. The van der Waals surface area contributed by atoms with E-state index in [0.29, 0.717) is 23.8 Å². The highest BCUT2D eigenvalue weighted by molar-refractivity contribution is 5.20. The van der Waals surface area contributed by atoms with Crippen molar-refractivity contribution in [3.05, 3.63) is 35.4 Å². The van der Waals surface area contributed by atoms with E-state index in [4.69, 9.17) is 0 Å². The molecule has 2 rings (SSSR count). The molecule has 0 spiro atoms. The Labute approximate surface area is 127 Å². The molecule has 3 atom stereocenters. The van der Waals surface area contributed by atoms with Crippen LogP contribution >= 0.6 is 0 Å². The van der Waals surface area contributed by atoms with Gasteiger partial charge in [-0.2, -0.15) is 0 Å². The van der Waals surface area contributed by atoms with Gasteiger partial charge in [-0.3, -0.25) is 0 Å². The number of halogens is 2. The first-order valence-electron chi connectivity index (χ1n) is 7.96. The molecule has 21 heavy (non-hydrogen) atoms. The zero-order valence-corrected chi connectivity index (χ0v) is 13.5.